The fraction of sp³-hybridized carbons (Fsp3) is 0.267. The van der Waals surface area contributed by atoms with Crippen LogP contribution in [-0.2, 0) is 12.8 Å². The summed E-state index contributed by atoms with van der Waals surface area (Å²) in [5.41, 5.74) is 2.61. The molecule has 1 aromatic carbocycles. The molecule has 4 heteroatoms. The molecular weight excluding hydrogens is 240 g/mol. The molecule has 0 N–H and O–H groups in total. The number of benzene rings is 1. The maximum atomic E-state index is 12.0. The number of carbonyl (C=O) groups is 1. The van der Waals surface area contributed by atoms with Crippen molar-refractivity contribution < 1.29 is 9.53 Å². The van der Waals surface area contributed by atoms with Gasteiger partial charge < -0.3 is 4.74 Å². The lowest BCUT2D eigenvalue weighted by Gasteiger charge is -2.03. The second-order valence-electron chi connectivity index (χ2n) is 4.23. The van der Waals surface area contributed by atoms with Crippen LogP contribution in [0.15, 0.2) is 36.4 Å². The Labute approximate surface area is 112 Å². The molecule has 1 heterocycles. The van der Waals surface area contributed by atoms with Crippen LogP contribution in [0.3, 0.4) is 0 Å². The molecule has 0 aliphatic heterocycles. The average Bonchev–Trinajstić information content (AvgIpc) is 2.48. The van der Waals surface area contributed by atoms with Crippen molar-refractivity contribution in [2.45, 2.75) is 19.8 Å². The van der Waals surface area contributed by atoms with Gasteiger partial charge in [-0.25, -0.2) is 0 Å². The molecule has 2 rings (SSSR count). The molecule has 4 nitrogen and oxygen atoms in total. The molecule has 0 unspecified atom stereocenters. The normalized spacial score (nSPS) is 10.2. The number of hydrogen-bond acceptors (Lipinski definition) is 4. The van der Waals surface area contributed by atoms with Gasteiger partial charge in [-0.05, 0) is 23.6 Å². The van der Waals surface area contributed by atoms with Crippen LogP contribution in [0.5, 0.6) is 5.88 Å². The molecule has 0 fully saturated rings. The molecule has 0 radical (unpaired) electrons. The first-order valence-electron chi connectivity index (χ1n) is 6.21. The van der Waals surface area contributed by atoms with Crippen LogP contribution in [0.4, 0.5) is 0 Å². The Morgan fingerprint density at radius 1 is 1.05 bits per heavy atom. The van der Waals surface area contributed by atoms with E-state index in [-0.39, 0.29) is 5.78 Å². The van der Waals surface area contributed by atoms with Crippen LogP contribution >= 0.6 is 0 Å². The van der Waals surface area contributed by atoms with Crippen LogP contribution in [0.1, 0.15) is 28.5 Å². The summed E-state index contributed by atoms with van der Waals surface area (Å²) < 4.78 is 4.91. The van der Waals surface area contributed by atoms with Gasteiger partial charge in [0, 0.05) is 12.5 Å². The highest BCUT2D eigenvalue weighted by molar-refractivity contribution is 5.95. The molecule has 19 heavy (non-hydrogen) atoms. The van der Waals surface area contributed by atoms with Crippen molar-refractivity contribution in [3.63, 3.8) is 0 Å². The van der Waals surface area contributed by atoms with Crippen molar-refractivity contribution in [2.75, 3.05) is 7.11 Å². The average molecular weight is 256 g/mol. The third-order valence-corrected chi connectivity index (χ3v) is 2.93. The molecule has 0 bridgehead atoms. The summed E-state index contributed by atoms with van der Waals surface area (Å²) in [4.78, 5) is 12.0. The zero-order chi connectivity index (χ0) is 13.7. The van der Waals surface area contributed by atoms with Gasteiger partial charge in [-0.15, -0.1) is 10.2 Å². The molecule has 0 spiro atoms. The van der Waals surface area contributed by atoms with Gasteiger partial charge in [0.15, 0.2) is 5.78 Å². The number of ketones is 1. The number of hydrogen-bond donors (Lipinski definition) is 0. The summed E-state index contributed by atoms with van der Waals surface area (Å²) in [5.74, 6) is 0.364. The lowest BCUT2D eigenvalue weighted by molar-refractivity contribution is 0.0987. The molecule has 1 aromatic heterocycles. The number of ether oxygens (including phenoxy) is 1. The van der Waals surface area contributed by atoms with E-state index < -0.39 is 0 Å². The first-order chi connectivity index (χ1) is 9.22. The fourth-order valence-corrected chi connectivity index (χ4v) is 1.75. The summed E-state index contributed by atoms with van der Waals surface area (Å²) in [6, 6.07) is 11.3. The molecule has 0 saturated heterocycles. The summed E-state index contributed by atoms with van der Waals surface area (Å²) in [7, 11) is 1.51. The maximum absolute atomic E-state index is 12.0. The Kier molecular flexibility index (Phi) is 4.23. The van der Waals surface area contributed by atoms with E-state index in [1.807, 2.05) is 24.3 Å². The lowest BCUT2D eigenvalue weighted by atomic mass is 10.0. The first-order valence-corrected chi connectivity index (χ1v) is 6.21. The fourth-order valence-electron chi connectivity index (χ4n) is 1.75. The minimum Gasteiger partial charge on any atom is -0.480 e. The highest BCUT2D eigenvalue weighted by atomic mass is 16.5. The van der Waals surface area contributed by atoms with Crippen molar-refractivity contribution in [2.24, 2.45) is 0 Å². The second kappa shape index (κ2) is 6.09. The number of methoxy groups -OCH3 is 1. The summed E-state index contributed by atoms with van der Waals surface area (Å²) in [5, 5.41) is 7.65. The number of Topliss-reactive ketones (excluding diaryl/α,β-unsaturated/α-hetero) is 1. The lowest BCUT2D eigenvalue weighted by Crippen LogP contribution is -2.07. The van der Waals surface area contributed by atoms with E-state index >= 15 is 0 Å². The van der Waals surface area contributed by atoms with E-state index in [2.05, 4.69) is 17.1 Å². The molecular formula is C15H16N2O2. The van der Waals surface area contributed by atoms with Gasteiger partial charge in [-0.2, -0.15) is 0 Å². The summed E-state index contributed by atoms with van der Waals surface area (Å²) in [6.07, 6.45) is 1.34. The smallest absolute Gasteiger partial charge is 0.233 e. The van der Waals surface area contributed by atoms with Crippen molar-refractivity contribution in [1.82, 2.24) is 10.2 Å². The van der Waals surface area contributed by atoms with Gasteiger partial charge in [0.05, 0.1) is 7.11 Å². The zero-order valence-corrected chi connectivity index (χ0v) is 11.1. The van der Waals surface area contributed by atoms with Crippen molar-refractivity contribution in [3.05, 3.63) is 53.2 Å². The topological polar surface area (TPSA) is 52.1 Å². The number of aryl methyl sites for hydroxylation is 1. The minimum atomic E-state index is -0.0422. The first kappa shape index (κ1) is 13.2. The van der Waals surface area contributed by atoms with Crippen molar-refractivity contribution in [3.8, 4) is 5.88 Å². The number of aromatic nitrogens is 2. The zero-order valence-electron chi connectivity index (χ0n) is 11.1. The summed E-state index contributed by atoms with van der Waals surface area (Å²) in [6.45, 7) is 2.10. The van der Waals surface area contributed by atoms with E-state index in [0.29, 0.717) is 18.0 Å². The predicted molar refractivity (Wildman–Crippen MR) is 72.4 cm³/mol. The monoisotopic (exact) mass is 256 g/mol. The molecule has 98 valence electrons. The van der Waals surface area contributed by atoms with Crippen molar-refractivity contribution >= 4 is 5.78 Å². The van der Waals surface area contributed by atoms with Crippen molar-refractivity contribution in [1.29, 1.82) is 0 Å². The third-order valence-electron chi connectivity index (χ3n) is 2.93. The number of rotatable bonds is 5. The molecule has 0 amide bonds. The highest BCUT2D eigenvalue weighted by Crippen LogP contribution is 2.10. The largest absolute Gasteiger partial charge is 0.480 e. The molecule has 0 atom stereocenters. The highest BCUT2D eigenvalue weighted by Gasteiger charge is 2.09. The van der Waals surface area contributed by atoms with Crippen LogP contribution in [0, 0.1) is 0 Å². The third kappa shape index (κ3) is 3.37. The van der Waals surface area contributed by atoms with Gasteiger partial charge in [0.2, 0.25) is 5.88 Å². The quantitative estimate of drug-likeness (QED) is 0.771. The van der Waals surface area contributed by atoms with Crippen LogP contribution < -0.4 is 4.74 Å². The SMILES string of the molecule is CCc1ccc(CC(=O)c2ccc(OC)nn2)cc1. The second-order valence-corrected chi connectivity index (χ2v) is 4.23. The van der Waals surface area contributed by atoms with Gasteiger partial charge in [-0.1, -0.05) is 31.2 Å². The molecule has 2 aromatic rings. The molecule has 0 aliphatic carbocycles. The maximum Gasteiger partial charge on any atom is 0.233 e. The van der Waals surface area contributed by atoms with Crippen LogP contribution in [-0.4, -0.2) is 23.1 Å². The van der Waals surface area contributed by atoms with Crippen LogP contribution in [0.2, 0.25) is 0 Å². The van der Waals surface area contributed by atoms with Gasteiger partial charge in [-0.3, -0.25) is 4.79 Å². The number of nitrogens with zero attached hydrogens (tertiary/aromatic N) is 2. The van der Waals surface area contributed by atoms with Crippen LogP contribution in [0.25, 0.3) is 0 Å². The van der Waals surface area contributed by atoms with E-state index in [9.17, 15) is 4.79 Å². The van der Waals surface area contributed by atoms with E-state index in [1.54, 1.807) is 12.1 Å². The Bertz CT molecular complexity index is 547. The number of carbonyl (C=O) groups excluding carboxylic acids is 1. The Balaban J connectivity index is 2.06. The van der Waals surface area contributed by atoms with E-state index in [1.165, 1.54) is 12.7 Å². The van der Waals surface area contributed by atoms with Gasteiger partial charge in [0.25, 0.3) is 0 Å². The summed E-state index contributed by atoms with van der Waals surface area (Å²) >= 11 is 0. The Morgan fingerprint density at radius 2 is 1.74 bits per heavy atom. The van der Waals surface area contributed by atoms with Gasteiger partial charge >= 0.3 is 0 Å². The molecule has 0 aliphatic rings. The Morgan fingerprint density at radius 3 is 2.26 bits per heavy atom. The minimum absolute atomic E-state index is 0.0422. The van der Waals surface area contributed by atoms with E-state index in [4.69, 9.17) is 4.74 Å². The standard InChI is InChI=1S/C15H16N2O2/c1-3-11-4-6-12(7-5-11)10-14(18)13-8-9-15(19-2)17-16-13/h4-9H,3,10H2,1-2H3. The van der Waals surface area contributed by atoms with E-state index in [0.717, 1.165) is 12.0 Å². The Hall–Kier alpha value is -2.23. The predicted octanol–water partition coefficient (Wildman–Crippen LogP) is 2.47. The van der Waals surface area contributed by atoms with Gasteiger partial charge in [0.1, 0.15) is 5.69 Å². The molecule has 0 saturated carbocycles.